The molecule has 0 unspecified atom stereocenters. The Balaban J connectivity index is 3.55. The highest BCUT2D eigenvalue weighted by atomic mass is 32.4. The first-order valence-electron chi connectivity index (χ1n) is 2.91. The minimum atomic E-state index is -0.646. The minimum Gasteiger partial charge on any atom is -0.513 e. The van der Waals surface area contributed by atoms with E-state index in [0.717, 1.165) is 0 Å². The van der Waals surface area contributed by atoms with Crippen LogP contribution >= 0.6 is 9.48 Å². The first kappa shape index (κ1) is 9.78. The molecule has 2 nitrogen and oxygen atoms in total. The molecule has 0 amide bonds. The van der Waals surface area contributed by atoms with Gasteiger partial charge in [0.25, 0.3) is 8.91 Å². The quantitative estimate of drug-likeness (QED) is 0.462. The molecule has 0 saturated heterocycles. The number of hydrogen-bond acceptors (Lipinski definition) is 2. The van der Waals surface area contributed by atoms with Crippen molar-refractivity contribution in [3.05, 3.63) is 12.7 Å². The van der Waals surface area contributed by atoms with Crippen molar-refractivity contribution in [2.24, 2.45) is 0 Å². The lowest BCUT2D eigenvalue weighted by atomic mass is 10.7. The van der Waals surface area contributed by atoms with E-state index in [1.165, 1.54) is 6.08 Å². The van der Waals surface area contributed by atoms with Crippen molar-refractivity contribution >= 4 is 24.4 Å². The normalized spacial score (nSPS) is 13.5. The Morgan fingerprint density at radius 2 is 2.10 bits per heavy atom. The first-order valence-corrected chi connectivity index (χ1v) is 8.24. The average Bonchev–Trinajstić information content (AvgIpc) is 1.81. The zero-order valence-corrected chi connectivity index (χ0v) is 8.95. The molecule has 0 bridgehead atoms. The molecular formula is C6H14O2SSi. The Hall–Kier alpha value is -0.223. The summed E-state index contributed by atoms with van der Waals surface area (Å²) in [6.07, 6.45) is 7.67. The van der Waals surface area contributed by atoms with Crippen molar-refractivity contribution in [2.75, 3.05) is 18.8 Å². The van der Waals surface area contributed by atoms with Gasteiger partial charge in [-0.15, -0.1) is 0 Å². The maximum atomic E-state index is 10.6. The SMILES string of the molecule is C=CC(=O)O[SiH2]S(C)(C)C. The van der Waals surface area contributed by atoms with Crippen LogP contribution in [0.4, 0.5) is 0 Å². The summed E-state index contributed by atoms with van der Waals surface area (Å²) in [4.78, 5) is 10.6. The van der Waals surface area contributed by atoms with E-state index < -0.39 is 18.4 Å². The van der Waals surface area contributed by atoms with E-state index in [-0.39, 0.29) is 5.97 Å². The summed E-state index contributed by atoms with van der Waals surface area (Å²) in [6.45, 7) is 3.32. The Morgan fingerprint density at radius 3 is 2.40 bits per heavy atom. The molecule has 0 N–H and O–H groups in total. The van der Waals surface area contributed by atoms with Gasteiger partial charge in [0.05, 0.1) is 0 Å². The van der Waals surface area contributed by atoms with Crippen molar-refractivity contribution in [3.63, 3.8) is 0 Å². The van der Waals surface area contributed by atoms with E-state index >= 15 is 0 Å². The molecule has 60 valence electrons. The molecule has 0 radical (unpaired) electrons. The fraction of sp³-hybridized carbons (Fsp3) is 0.500. The number of rotatable bonds is 3. The largest absolute Gasteiger partial charge is 0.513 e. The van der Waals surface area contributed by atoms with Gasteiger partial charge in [0.2, 0.25) is 0 Å². The second kappa shape index (κ2) is 3.83. The fourth-order valence-corrected chi connectivity index (χ4v) is 2.29. The van der Waals surface area contributed by atoms with Crippen LogP contribution in [-0.4, -0.2) is 33.6 Å². The molecule has 0 aliphatic rings. The zero-order valence-electron chi connectivity index (χ0n) is 6.72. The molecular weight excluding hydrogens is 164 g/mol. The molecule has 0 heterocycles. The van der Waals surface area contributed by atoms with Crippen molar-refractivity contribution in [1.82, 2.24) is 0 Å². The van der Waals surface area contributed by atoms with Crippen LogP contribution in [0.5, 0.6) is 0 Å². The van der Waals surface area contributed by atoms with Crippen molar-refractivity contribution in [2.45, 2.75) is 0 Å². The van der Waals surface area contributed by atoms with E-state index in [1.54, 1.807) is 0 Å². The molecule has 10 heavy (non-hydrogen) atoms. The van der Waals surface area contributed by atoms with E-state index in [0.29, 0.717) is 0 Å². The molecule has 0 rings (SSSR count). The molecule has 0 atom stereocenters. The van der Waals surface area contributed by atoms with Gasteiger partial charge in [-0.2, -0.15) is 0 Å². The summed E-state index contributed by atoms with van der Waals surface area (Å²) in [5.41, 5.74) is 0. The van der Waals surface area contributed by atoms with Crippen LogP contribution < -0.4 is 0 Å². The van der Waals surface area contributed by atoms with E-state index in [2.05, 4.69) is 25.3 Å². The third-order valence-corrected chi connectivity index (χ3v) is 4.31. The topological polar surface area (TPSA) is 26.3 Å². The summed E-state index contributed by atoms with van der Waals surface area (Å²) in [5.74, 6) is -0.269. The lowest BCUT2D eigenvalue weighted by Crippen LogP contribution is -2.11. The highest BCUT2D eigenvalue weighted by molar-refractivity contribution is 8.50. The van der Waals surface area contributed by atoms with Crippen LogP contribution in [0, 0.1) is 0 Å². The van der Waals surface area contributed by atoms with Crippen LogP contribution in [-0.2, 0) is 9.22 Å². The molecule has 0 aliphatic heterocycles. The summed E-state index contributed by atoms with van der Waals surface area (Å²) in [5, 5.41) is 0. The highest BCUT2D eigenvalue weighted by Gasteiger charge is 2.07. The van der Waals surface area contributed by atoms with Gasteiger partial charge >= 0.3 is 5.97 Å². The van der Waals surface area contributed by atoms with Crippen molar-refractivity contribution < 1.29 is 9.22 Å². The fourth-order valence-electron chi connectivity index (χ4n) is 0.294. The third kappa shape index (κ3) is 5.91. The van der Waals surface area contributed by atoms with Crippen LogP contribution in [0.1, 0.15) is 0 Å². The van der Waals surface area contributed by atoms with Gasteiger partial charge in [-0.3, -0.25) is 0 Å². The number of carbonyl (C=O) groups excluding carboxylic acids is 1. The number of hydrogen-bond donors (Lipinski definition) is 0. The standard InChI is InChI=1S/C6H14O2SSi/c1-5-6(7)8-10-9(2,3)4/h5H,1,10H2,2-4H3. The highest BCUT2D eigenvalue weighted by Crippen LogP contribution is 2.31. The minimum absolute atomic E-state index is 0.269. The number of carbonyl (C=O) groups is 1. The molecule has 0 aromatic carbocycles. The molecule has 0 spiro atoms. The molecule has 0 aliphatic carbocycles. The van der Waals surface area contributed by atoms with Gasteiger partial charge in [-0.25, -0.2) is 14.3 Å². The predicted octanol–water partition coefficient (Wildman–Crippen LogP) is 0.408. The van der Waals surface area contributed by atoms with Crippen molar-refractivity contribution in [1.29, 1.82) is 0 Å². The van der Waals surface area contributed by atoms with E-state index in [4.69, 9.17) is 4.43 Å². The molecule has 0 saturated carbocycles. The van der Waals surface area contributed by atoms with Crippen LogP contribution in [0.15, 0.2) is 12.7 Å². The van der Waals surface area contributed by atoms with Gasteiger partial charge in [0.1, 0.15) is 0 Å². The van der Waals surface area contributed by atoms with Gasteiger partial charge < -0.3 is 4.43 Å². The van der Waals surface area contributed by atoms with Gasteiger partial charge in [-0.05, 0) is 18.8 Å². The first-order chi connectivity index (χ1) is 4.45. The van der Waals surface area contributed by atoms with Crippen molar-refractivity contribution in [3.8, 4) is 0 Å². The van der Waals surface area contributed by atoms with Gasteiger partial charge in [0, 0.05) is 6.08 Å². The Kier molecular flexibility index (Phi) is 3.74. The zero-order chi connectivity index (χ0) is 8.20. The summed E-state index contributed by atoms with van der Waals surface area (Å²) < 4.78 is 4.97. The summed E-state index contributed by atoms with van der Waals surface area (Å²) in [6, 6.07) is 0. The molecule has 0 aromatic rings. The molecule has 0 aromatic heterocycles. The molecule has 0 fully saturated rings. The summed E-state index contributed by atoms with van der Waals surface area (Å²) >= 11 is 0. The van der Waals surface area contributed by atoms with Gasteiger partial charge in [-0.1, -0.05) is 6.58 Å². The Morgan fingerprint density at radius 1 is 1.60 bits per heavy atom. The maximum absolute atomic E-state index is 10.6. The predicted molar refractivity (Wildman–Crippen MR) is 50.2 cm³/mol. The maximum Gasteiger partial charge on any atom is 0.317 e. The average molecular weight is 178 g/mol. The summed E-state index contributed by atoms with van der Waals surface area (Å²) in [7, 11) is -1.23. The Labute approximate surface area is 65.5 Å². The van der Waals surface area contributed by atoms with E-state index in [9.17, 15) is 4.79 Å². The van der Waals surface area contributed by atoms with Crippen LogP contribution in [0.3, 0.4) is 0 Å². The van der Waals surface area contributed by atoms with E-state index in [1.807, 2.05) is 0 Å². The second-order valence-corrected chi connectivity index (χ2v) is 13.5. The Bertz CT molecular complexity index is 139. The van der Waals surface area contributed by atoms with Crippen LogP contribution in [0.25, 0.3) is 0 Å². The second-order valence-electron chi connectivity index (χ2n) is 2.88. The monoisotopic (exact) mass is 178 g/mol. The van der Waals surface area contributed by atoms with Gasteiger partial charge in [0.15, 0.2) is 0 Å². The smallest absolute Gasteiger partial charge is 0.317 e. The lowest BCUT2D eigenvalue weighted by molar-refractivity contribution is -0.128. The molecule has 4 heteroatoms. The third-order valence-electron chi connectivity index (χ3n) is 0.721. The van der Waals surface area contributed by atoms with Crippen LogP contribution in [0.2, 0.25) is 0 Å². The lowest BCUT2D eigenvalue weighted by Gasteiger charge is -2.22.